The minimum absolute atomic E-state index is 0.0896. The number of aliphatic carboxylic acids is 1. The van der Waals surface area contributed by atoms with E-state index in [1.807, 2.05) is 19.1 Å². The summed E-state index contributed by atoms with van der Waals surface area (Å²) < 4.78 is 16.2. The number of aromatic nitrogens is 1. The number of ether oxygens (including phenoxy) is 3. The zero-order chi connectivity index (χ0) is 27.5. The third-order valence-corrected chi connectivity index (χ3v) is 5.75. The fraction of sp³-hybridized carbons (Fsp3) is 0.286. The van der Waals surface area contributed by atoms with Crippen LogP contribution in [0.5, 0.6) is 5.75 Å². The molecule has 1 aromatic heterocycles. The molecule has 38 heavy (non-hydrogen) atoms. The minimum atomic E-state index is -0.924. The summed E-state index contributed by atoms with van der Waals surface area (Å²) in [6.07, 6.45) is 0.938. The van der Waals surface area contributed by atoms with Gasteiger partial charge in [-0.25, -0.2) is 0 Å². The van der Waals surface area contributed by atoms with Gasteiger partial charge in [0.15, 0.2) is 0 Å². The van der Waals surface area contributed by atoms with E-state index in [1.165, 1.54) is 6.92 Å². The van der Waals surface area contributed by atoms with Crippen molar-refractivity contribution in [2.75, 3.05) is 19.8 Å². The standard InChI is InChI=1S/C28H29ClN2O7/c1-3-36-26(15-27(33)34)20-5-8-22(9-6-20)38-17-19-4-10-24(29)23(14-19)21-7-11-25(31-16-21)28(35)30-12-13-37-18(2)32/h4-11,14,16,26H,3,12-13,15,17H2,1-2H3,(H,30,35)(H,33,34)/t26-/m0/s1. The first-order valence-corrected chi connectivity index (χ1v) is 12.4. The molecular weight excluding hydrogens is 512 g/mol. The van der Waals surface area contributed by atoms with Crippen LogP contribution in [0.15, 0.2) is 60.8 Å². The van der Waals surface area contributed by atoms with Gasteiger partial charge in [0.05, 0.1) is 19.1 Å². The second-order valence-corrected chi connectivity index (χ2v) is 8.65. The molecule has 0 spiro atoms. The van der Waals surface area contributed by atoms with Gasteiger partial charge in [0.2, 0.25) is 0 Å². The maximum Gasteiger partial charge on any atom is 0.306 e. The number of carboxylic acids is 1. The number of carboxylic acid groups (broad SMARTS) is 1. The number of esters is 1. The maximum atomic E-state index is 12.2. The van der Waals surface area contributed by atoms with E-state index in [0.717, 1.165) is 22.3 Å². The molecule has 1 heterocycles. The van der Waals surface area contributed by atoms with Gasteiger partial charge in [0.25, 0.3) is 5.91 Å². The molecule has 0 aliphatic carbocycles. The van der Waals surface area contributed by atoms with Crippen LogP contribution in [0.4, 0.5) is 0 Å². The molecule has 1 amide bonds. The van der Waals surface area contributed by atoms with Crippen molar-refractivity contribution in [2.45, 2.75) is 33.0 Å². The fourth-order valence-electron chi connectivity index (χ4n) is 3.60. The van der Waals surface area contributed by atoms with E-state index in [-0.39, 0.29) is 37.8 Å². The molecule has 3 aromatic rings. The zero-order valence-electron chi connectivity index (χ0n) is 21.1. The summed E-state index contributed by atoms with van der Waals surface area (Å²) in [4.78, 5) is 38.4. The van der Waals surface area contributed by atoms with Crippen LogP contribution in [0, 0.1) is 0 Å². The van der Waals surface area contributed by atoms with Crippen LogP contribution >= 0.6 is 11.6 Å². The molecule has 0 aliphatic rings. The van der Waals surface area contributed by atoms with Crippen molar-refractivity contribution in [1.82, 2.24) is 10.3 Å². The van der Waals surface area contributed by atoms with Crippen molar-refractivity contribution >= 4 is 29.4 Å². The van der Waals surface area contributed by atoms with Crippen LogP contribution in [0.3, 0.4) is 0 Å². The number of carbonyl (C=O) groups is 3. The third kappa shape index (κ3) is 8.57. The summed E-state index contributed by atoms with van der Waals surface area (Å²) in [5.74, 6) is -1.08. The second-order valence-electron chi connectivity index (χ2n) is 8.24. The van der Waals surface area contributed by atoms with Gasteiger partial charge in [0.1, 0.15) is 24.7 Å². The van der Waals surface area contributed by atoms with Gasteiger partial charge in [-0.2, -0.15) is 0 Å². The molecule has 0 fully saturated rings. The summed E-state index contributed by atoms with van der Waals surface area (Å²) in [6, 6.07) is 16.0. The molecule has 9 nitrogen and oxygen atoms in total. The van der Waals surface area contributed by atoms with E-state index in [2.05, 4.69) is 10.3 Å². The van der Waals surface area contributed by atoms with E-state index in [9.17, 15) is 14.4 Å². The molecule has 2 N–H and O–H groups in total. The molecule has 3 rings (SSSR count). The average Bonchev–Trinajstić information content (AvgIpc) is 2.90. The highest BCUT2D eigenvalue weighted by atomic mass is 35.5. The number of hydrogen-bond donors (Lipinski definition) is 2. The topological polar surface area (TPSA) is 124 Å². The number of hydrogen-bond acceptors (Lipinski definition) is 7. The lowest BCUT2D eigenvalue weighted by Crippen LogP contribution is -2.28. The lowest BCUT2D eigenvalue weighted by molar-refractivity contribution is -0.141. The maximum absolute atomic E-state index is 12.2. The van der Waals surface area contributed by atoms with Crippen LogP contribution in [0.2, 0.25) is 5.02 Å². The van der Waals surface area contributed by atoms with Crippen molar-refractivity contribution in [2.24, 2.45) is 0 Å². The Morgan fingerprint density at radius 1 is 1.08 bits per heavy atom. The Labute approximate surface area is 225 Å². The summed E-state index contributed by atoms with van der Waals surface area (Å²) >= 11 is 6.43. The lowest BCUT2D eigenvalue weighted by Gasteiger charge is -2.16. The number of rotatable bonds is 13. The first kappa shape index (κ1) is 28.6. The van der Waals surface area contributed by atoms with Crippen LogP contribution in [-0.4, -0.2) is 47.7 Å². The molecular formula is C28H29ClN2O7. The van der Waals surface area contributed by atoms with Crippen molar-refractivity contribution in [1.29, 1.82) is 0 Å². The number of amides is 1. The number of nitrogens with one attached hydrogen (secondary N) is 1. The Bertz CT molecular complexity index is 1250. The molecule has 0 radical (unpaired) electrons. The van der Waals surface area contributed by atoms with Gasteiger partial charge < -0.3 is 24.6 Å². The van der Waals surface area contributed by atoms with Gasteiger partial charge in [-0.15, -0.1) is 0 Å². The van der Waals surface area contributed by atoms with E-state index in [1.54, 1.807) is 48.7 Å². The predicted molar refractivity (Wildman–Crippen MR) is 141 cm³/mol. The molecule has 2 aromatic carbocycles. The van der Waals surface area contributed by atoms with E-state index >= 15 is 0 Å². The first-order chi connectivity index (χ1) is 18.3. The van der Waals surface area contributed by atoms with E-state index in [0.29, 0.717) is 17.4 Å². The molecule has 0 saturated carbocycles. The summed E-state index contributed by atoms with van der Waals surface area (Å²) in [5.41, 5.74) is 3.34. The Morgan fingerprint density at radius 3 is 2.47 bits per heavy atom. The Hall–Kier alpha value is -3.95. The normalized spacial score (nSPS) is 11.4. The molecule has 200 valence electrons. The van der Waals surface area contributed by atoms with Crippen molar-refractivity contribution in [3.63, 3.8) is 0 Å². The number of nitrogens with zero attached hydrogens (tertiary/aromatic N) is 1. The van der Waals surface area contributed by atoms with Gasteiger partial charge in [-0.1, -0.05) is 35.9 Å². The Kier molecular flexibility index (Phi) is 10.6. The summed E-state index contributed by atoms with van der Waals surface area (Å²) in [6.45, 7) is 4.10. The molecule has 10 heteroatoms. The van der Waals surface area contributed by atoms with E-state index in [4.69, 9.17) is 30.9 Å². The highest BCUT2D eigenvalue weighted by Gasteiger charge is 2.16. The first-order valence-electron chi connectivity index (χ1n) is 12.0. The van der Waals surface area contributed by atoms with Crippen molar-refractivity contribution in [3.8, 4) is 16.9 Å². The monoisotopic (exact) mass is 540 g/mol. The quantitative estimate of drug-likeness (QED) is 0.233. The highest BCUT2D eigenvalue weighted by molar-refractivity contribution is 6.33. The second kappa shape index (κ2) is 14.1. The largest absolute Gasteiger partial charge is 0.489 e. The molecule has 0 bridgehead atoms. The zero-order valence-corrected chi connectivity index (χ0v) is 21.9. The molecule has 0 saturated heterocycles. The number of carbonyl (C=O) groups excluding carboxylic acids is 2. The predicted octanol–water partition coefficient (Wildman–Crippen LogP) is 4.83. The Balaban J connectivity index is 1.62. The summed E-state index contributed by atoms with van der Waals surface area (Å²) in [7, 11) is 0. The van der Waals surface area contributed by atoms with Crippen LogP contribution < -0.4 is 10.1 Å². The van der Waals surface area contributed by atoms with Gasteiger partial charge in [0, 0.05) is 35.9 Å². The SMILES string of the molecule is CCO[C@@H](CC(=O)O)c1ccc(OCc2ccc(Cl)c(-c3ccc(C(=O)NCCOC(C)=O)nc3)c2)cc1. The molecule has 1 atom stereocenters. The van der Waals surface area contributed by atoms with Crippen LogP contribution in [0.25, 0.3) is 11.1 Å². The Morgan fingerprint density at radius 2 is 1.84 bits per heavy atom. The van der Waals surface area contributed by atoms with Gasteiger partial charge in [-0.3, -0.25) is 19.4 Å². The van der Waals surface area contributed by atoms with Crippen molar-refractivity contribution < 1.29 is 33.7 Å². The highest BCUT2D eigenvalue weighted by Crippen LogP contribution is 2.29. The minimum Gasteiger partial charge on any atom is -0.489 e. The average molecular weight is 541 g/mol. The molecule has 0 aliphatic heterocycles. The van der Waals surface area contributed by atoms with Gasteiger partial charge >= 0.3 is 11.9 Å². The lowest BCUT2D eigenvalue weighted by atomic mass is 10.0. The number of halogens is 1. The smallest absolute Gasteiger partial charge is 0.306 e. The van der Waals surface area contributed by atoms with Crippen LogP contribution in [0.1, 0.15) is 48.0 Å². The molecule has 0 unspecified atom stereocenters. The van der Waals surface area contributed by atoms with Gasteiger partial charge in [-0.05, 0) is 48.4 Å². The van der Waals surface area contributed by atoms with Crippen molar-refractivity contribution in [3.05, 3.63) is 82.6 Å². The van der Waals surface area contributed by atoms with Crippen LogP contribution in [-0.2, 0) is 25.7 Å². The fourth-order valence-corrected chi connectivity index (χ4v) is 3.83. The van der Waals surface area contributed by atoms with E-state index < -0.39 is 18.0 Å². The summed E-state index contributed by atoms with van der Waals surface area (Å²) in [5, 5.41) is 12.3. The third-order valence-electron chi connectivity index (χ3n) is 5.42. The number of benzene rings is 2. The number of pyridine rings is 1.